The summed E-state index contributed by atoms with van der Waals surface area (Å²) in [5.41, 5.74) is 7.45. The van der Waals surface area contributed by atoms with E-state index >= 15 is 0 Å². The summed E-state index contributed by atoms with van der Waals surface area (Å²) in [5.74, 6) is 0.807. The Hall–Kier alpha value is -1.51. The van der Waals surface area contributed by atoms with Crippen molar-refractivity contribution in [1.29, 1.82) is 0 Å². The molecule has 92 valence electrons. The molecule has 0 radical (unpaired) electrons. The lowest BCUT2D eigenvalue weighted by Gasteiger charge is -2.21. The number of carbonyl (C=O) groups is 1. The predicted molar refractivity (Wildman–Crippen MR) is 69.6 cm³/mol. The Morgan fingerprint density at radius 3 is 2.82 bits per heavy atom. The van der Waals surface area contributed by atoms with Gasteiger partial charge in [-0.2, -0.15) is 0 Å². The molecule has 0 heterocycles. The zero-order valence-electron chi connectivity index (χ0n) is 10.5. The summed E-state index contributed by atoms with van der Waals surface area (Å²) >= 11 is 0. The minimum absolute atomic E-state index is 0.109. The van der Waals surface area contributed by atoms with Gasteiger partial charge in [0, 0.05) is 19.3 Å². The van der Waals surface area contributed by atoms with Gasteiger partial charge in [-0.25, -0.2) is 0 Å². The number of benzene rings is 1. The topological polar surface area (TPSA) is 46.3 Å². The van der Waals surface area contributed by atoms with E-state index in [-0.39, 0.29) is 11.8 Å². The Morgan fingerprint density at radius 2 is 2.24 bits per heavy atom. The molecule has 0 spiro atoms. The van der Waals surface area contributed by atoms with Crippen LogP contribution < -0.4 is 5.73 Å². The van der Waals surface area contributed by atoms with Crippen molar-refractivity contribution in [1.82, 2.24) is 4.90 Å². The van der Waals surface area contributed by atoms with Crippen molar-refractivity contribution in [3.05, 3.63) is 29.8 Å². The lowest BCUT2D eigenvalue weighted by Crippen LogP contribution is -2.32. The van der Waals surface area contributed by atoms with E-state index in [9.17, 15) is 4.79 Å². The first-order valence-corrected chi connectivity index (χ1v) is 6.18. The molecule has 1 aromatic rings. The summed E-state index contributed by atoms with van der Waals surface area (Å²) in [6, 6.07) is 7.58. The summed E-state index contributed by atoms with van der Waals surface area (Å²) in [4.78, 5) is 14.1. The number of hydrogen-bond donors (Lipinski definition) is 1. The number of hydrogen-bond acceptors (Lipinski definition) is 2. The molecule has 3 heteroatoms. The van der Waals surface area contributed by atoms with Gasteiger partial charge in [-0.05, 0) is 43.4 Å². The van der Waals surface area contributed by atoms with Crippen LogP contribution in [0.2, 0.25) is 0 Å². The van der Waals surface area contributed by atoms with Crippen molar-refractivity contribution >= 4 is 11.6 Å². The van der Waals surface area contributed by atoms with Gasteiger partial charge >= 0.3 is 0 Å². The summed E-state index contributed by atoms with van der Waals surface area (Å²) in [5, 5.41) is 0. The van der Waals surface area contributed by atoms with E-state index < -0.39 is 0 Å². The number of likely N-dealkylation sites (N-methyl/N-ethyl adjacent to an activating group) is 1. The molecule has 1 unspecified atom stereocenters. The fourth-order valence-corrected chi connectivity index (χ4v) is 2.08. The summed E-state index contributed by atoms with van der Waals surface area (Å²) in [6.07, 6.45) is 2.54. The molecule has 2 rings (SSSR count). The van der Waals surface area contributed by atoms with Crippen LogP contribution in [0, 0.1) is 5.92 Å². The van der Waals surface area contributed by atoms with Crippen LogP contribution >= 0.6 is 0 Å². The highest BCUT2D eigenvalue weighted by Crippen LogP contribution is 2.30. The number of nitrogen functional groups attached to an aromatic ring is 1. The van der Waals surface area contributed by atoms with E-state index in [1.165, 1.54) is 12.8 Å². The SMILES string of the molecule is CC(C(=O)N(C)CC1CC1)c1cccc(N)c1. The molecular weight excluding hydrogens is 212 g/mol. The van der Waals surface area contributed by atoms with Gasteiger partial charge in [-0.1, -0.05) is 12.1 Å². The van der Waals surface area contributed by atoms with Gasteiger partial charge in [0.1, 0.15) is 0 Å². The molecule has 3 nitrogen and oxygen atoms in total. The standard InChI is InChI=1S/C14H20N2O/c1-10(12-4-3-5-13(15)8-12)14(17)16(2)9-11-6-7-11/h3-5,8,10-11H,6-7,9,15H2,1-2H3. The normalized spacial score (nSPS) is 16.6. The van der Waals surface area contributed by atoms with Crippen LogP contribution in [0.1, 0.15) is 31.2 Å². The second kappa shape index (κ2) is 4.78. The quantitative estimate of drug-likeness (QED) is 0.809. The average Bonchev–Trinajstić information content (AvgIpc) is 3.11. The Bertz CT molecular complexity index is 412. The van der Waals surface area contributed by atoms with Crippen molar-refractivity contribution in [3.8, 4) is 0 Å². The number of amides is 1. The summed E-state index contributed by atoms with van der Waals surface area (Å²) in [6.45, 7) is 2.84. The van der Waals surface area contributed by atoms with Crippen molar-refractivity contribution in [2.45, 2.75) is 25.7 Å². The number of rotatable bonds is 4. The van der Waals surface area contributed by atoms with Gasteiger partial charge in [0.15, 0.2) is 0 Å². The maximum absolute atomic E-state index is 12.2. The molecule has 1 aliphatic rings. The van der Waals surface area contributed by atoms with Crippen LogP contribution in [0.15, 0.2) is 24.3 Å². The number of anilines is 1. The predicted octanol–water partition coefficient (Wildman–Crippen LogP) is 2.24. The van der Waals surface area contributed by atoms with E-state index in [0.717, 1.165) is 18.0 Å². The number of nitrogens with zero attached hydrogens (tertiary/aromatic N) is 1. The largest absolute Gasteiger partial charge is 0.399 e. The second-order valence-electron chi connectivity index (χ2n) is 5.05. The van der Waals surface area contributed by atoms with Crippen LogP contribution in [0.25, 0.3) is 0 Å². The van der Waals surface area contributed by atoms with E-state index in [4.69, 9.17) is 5.73 Å². The summed E-state index contributed by atoms with van der Waals surface area (Å²) < 4.78 is 0. The maximum atomic E-state index is 12.2. The second-order valence-corrected chi connectivity index (χ2v) is 5.05. The van der Waals surface area contributed by atoms with Crippen molar-refractivity contribution in [3.63, 3.8) is 0 Å². The smallest absolute Gasteiger partial charge is 0.229 e. The molecule has 2 N–H and O–H groups in total. The molecule has 0 saturated heterocycles. The van der Waals surface area contributed by atoms with Crippen LogP contribution in [-0.2, 0) is 4.79 Å². The Kier molecular flexibility index (Phi) is 3.36. The van der Waals surface area contributed by atoms with Gasteiger partial charge in [-0.3, -0.25) is 4.79 Å². The third-order valence-corrected chi connectivity index (χ3v) is 3.39. The monoisotopic (exact) mass is 232 g/mol. The molecule has 1 amide bonds. The first-order valence-electron chi connectivity index (χ1n) is 6.18. The van der Waals surface area contributed by atoms with Crippen molar-refractivity contribution < 1.29 is 4.79 Å². The fraction of sp³-hybridized carbons (Fsp3) is 0.500. The minimum atomic E-state index is -0.109. The molecule has 1 aromatic carbocycles. The third-order valence-electron chi connectivity index (χ3n) is 3.39. The lowest BCUT2D eigenvalue weighted by atomic mass is 9.99. The van der Waals surface area contributed by atoms with Crippen LogP contribution in [0.3, 0.4) is 0 Å². The van der Waals surface area contributed by atoms with Gasteiger partial charge in [0.25, 0.3) is 0 Å². The molecule has 1 saturated carbocycles. The molecule has 0 bridgehead atoms. The molecule has 1 atom stereocenters. The first-order chi connectivity index (χ1) is 8.08. The van der Waals surface area contributed by atoms with Crippen molar-refractivity contribution in [2.24, 2.45) is 5.92 Å². The highest BCUT2D eigenvalue weighted by atomic mass is 16.2. The Labute approximate surface area is 103 Å². The third kappa shape index (κ3) is 2.99. The van der Waals surface area contributed by atoms with E-state index in [2.05, 4.69) is 0 Å². The number of carbonyl (C=O) groups excluding carboxylic acids is 1. The molecule has 1 fully saturated rings. The van der Waals surface area contributed by atoms with E-state index in [1.807, 2.05) is 43.1 Å². The molecule has 17 heavy (non-hydrogen) atoms. The molecule has 0 aromatic heterocycles. The Balaban J connectivity index is 2.02. The molecule has 0 aliphatic heterocycles. The Morgan fingerprint density at radius 1 is 1.53 bits per heavy atom. The molecular formula is C14H20N2O. The minimum Gasteiger partial charge on any atom is -0.399 e. The lowest BCUT2D eigenvalue weighted by molar-refractivity contribution is -0.131. The van der Waals surface area contributed by atoms with Crippen LogP contribution in [-0.4, -0.2) is 24.4 Å². The van der Waals surface area contributed by atoms with Gasteiger partial charge in [0.05, 0.1) is 5.92 Å². The highest BCUT2D eigenvalue weighted by Gasteiger charge is 2.27. The zero-order valence-corrected chi connectivity index (χ0v) is 10.5. The molecule has 1 aliphatic carbocycles. The highest BCUT2D eigenvalue weighted by molar-refractivity contribution is 5.83. The van der Waals surface area contributed by atoms with Crippen molar-refractivity contribution in [2.75, 3.05) is 19.3 Å². The average molecular weight is 232 g/mol. The number of nitrogens with two attached hydrogens (primary N) is 1. The van der Waals surface area contributed by atoms with Crippen LogP contribution in [0.4, 0.5) is 5.69 Å². The van der Waals surface area contributed by atoms with Crippen LogP contribution in [0.5, 0.6) is 0 Å². The van der Waals surface area contributed by atoms with Gasteiger partial charge in [-0.15, -0.1) is 0 Å². The summed E-state index contributed by atoms with van der Waals surface area (Å²) in [7, 11) is 1.89. The maximum Gasteiger partial charge on any atom is 0.229 e. The van der Waals surface area contributed by atoms with Gasteiger partial charge < -0.3 is 10.6 Å². The fourth-order valence-electron chi connectivity index (χ4n) is 2.08. The van der Waals surface area contributed by atoms with E-state index in [0.29, 0.717) is 5.69 Å². The van der Waals surface area contributed by atoms with Gasteiger partial charge in [0.2, 0.25) is 5.91 Å². The first kappa shape index (κ1) is 12.0. The zero-order chi connectivity index (χ0) is 12.4. The van der Waals surface area contributed by atoms with E-state index in [1.54, 1.807) is 0 Å².